The number of aliphatic hydroxyl groups excluding tert-OH is 1. The first kappa shape index (κ1) is 15.4. The van der Waals surface area contributed by atoms with Gasteiger partial charge in [-0.1, -0.05) is 0 Å². The lowest BCUT2D eigenvalue weighted by Gasteiger charge is -2.31. The highest BCUT2D eigenvalue weighted by Gasteiger charge is 2.20. The molecule has 0 aliphatic carbocycles. The maximum absolute atomic E-state index is 11.6. The molecule has 1 saturated heterocycles. The summed E-state index contributed by atoms with van der Waals surface area (Å²) < 4.78 is 10.3. The fraction of sp³-hybridized carbons (Fsp3) is 0.917. The van der Waals surface area contributed by atoms with Crippen LogP contribution in [0.15, 0.2) is 0 Å². The minimum Gasteiger partial charge on any atom is -0.394 e. The monoisotopic (exact) mass is 260 g/mol. The van der Waals surface area contributed by atoms with E-state index in [1.807, 2.05) is 0 Å². The third kappa shape index (κ3) is 6.30. The van der Waals surface area contributed by atoms with Crippen LogP contribution in [0.3, 0.4) is 0 Å². The molecule has 2 N–H and O–H groups in total. The lowest BCUT2D eigenvalue weighted by Crippen LogP contribution is -2.43. The number of amides is 1. The predicted molar refractivity (Wildman–Crippen MR) is 67.4 cm³/mol. The summed E-state index contributed by atoms with van der Waals surface area (Å²) in [4.78, 5) is 13.7. The van der Waals surface area contributed by atoms with Crippen molar-refractivity contribution >= 4 is 5.91 Å². The number of aliphatic hydroxyl groups is 1. The minimum atomic E-state index is 0.0433. The van der Waals surface area contributed by atoms with Crippen LogP contribution in [0.25, 0.3) is 0 Å². The zero-order valence-corrected chi connectivity index (χ0v) is 11.1. The molecule has 0 radical (unpaired) electrons. The van der Waals surface area contributed by atoms with E-state index in [1.54, 1.807) is 7.11 Å². The van der Waals surface area contributed by atoms with Crippen molar-refractivity contribution < 1.29 is 19.4 Å². The zero-order valence-electron chi connectivity index (χ0n) is 11.1. The van der Waals surface area contributed by atoms with Crippen molar-refractivity contribution in [3.63, 3.8) is 0 Å². The van der Waals surface area contributed by atoms with Gasteiger partial charge in [0.2, 0.25) is 5.91 Å². The maximum atomic E-state index is 11.6. The number of methoxy groups -OCH3 is 1. The Morgan fingerprint density at radius 2 is 2.11 bits per heavy atom. The molecule has 0 bridgehead atoms. The van der Waals surface area contributed by atoms with E-state index in [-0.39, 0.29) is 18.6 Å². The summed E-state index contributed by atoms with van der Waals surface area (Å²) in [6, 6.07) is 0. The lowest BCUT2D eigenvalue weighted by atomic mass is 10.1. The van der Waals surface area contributed by atoms with Gasteiger partial charge in [-0.2, -0.15) is 0 Å². The molecule has 0 aromatic rings. The van der Waals surface area contributed by atoms with Crippen molar-refractivity contribution in [2.75, 3.05) is 53.1 Å². The Bertz CT molecular complexity index is 230. The highest BCUT2D eigenvalue weighted by Crippen LogP contribution is 2.12. The third-order valence-corrected chi connectivity index (χ3v) is 2.98. The van der Waals surface area contributed by atoms with Crippen LogP contribution in [0, 0.1) is 0 Å². The van der Waals surface area contributed by atoms with Gasteiger partial charge in [0.05, 0.1) is 32.5 Å². The summed E-state index contributed by atoms with van der Waals surface area (Å²) in [6.07, 6.45) is 2.07. The van der Waals surface area contributed by atoms with Crippen LogP contribution in [0.5, 0.6) is 0 Å². The Labute approximate surface area is 108 Å². The van der Waals surface area contributed by atoms with E-state index in [4.69, 9.17) is 14.6 Å². The number of nitrogens with one attached hydrogen (secondary N) is 1. The maximum Gasteiger partial charge on any atom is 0.234 e. The van der Waals surface area contributed by atoms with Gasteiger partial charge in [0.1, 0.15) is 0 Å². The molecule has 0 aromatic heterocycles. The molecule has 1 fully saturated rings. The second-order valence-corrected chi connectivity index (χ2v) is 4.41. The molecule has 0 atom stereocenters. The van der Waals surface area contributed by atoms with Crippen LogP contribution in [-0.4, -0.2) is 75.1 Å². The van der Waals surface area contributed by atoms with E-state index in [1.165, 1.54) is 0 Å². The molecule has 1 rings (SSSR count). The van der Waals surface area contributed by atoms with E-state index in [2.05, 4.69) is 10.2 Å². The molecular formula is C12H24N2O4. The van der Waals surface area contributed by atoms with Crippen LogP contribution in [0.4, 0.5) is 0 Å². The van der Waals surface area contributed by atoms with Crippen molar-refractivity contribution in [2.45, 2.75) is 18.9 Å². The molecule has 1 aliphatic heterocycles. The number of carbonyl (C=O) groups excluding carboxylic acids is 1. The molecule has 106 valence electrons. The van der Waals surface area contributed by atoms with E-state index in [0.717, 1.165) is 25.9 Å². The molecule has 0 spiro atoms. The van der Waals surface area contributed by atoms with Crippen molar-refractivity contribution in [2.24, 2.45) is 0 Å². The summed E-state index contributed by atoms with van der Waals surface area (Å²) in [6.45, 7) is 3.76. The van der Waals surface area contributed by atoms with Crippen molar-refractivity contribution in [3.8, 4) is 0 Å². The summed E-state index contributed by atoms with van der Waals surface area (Å²) in [5.41, 5.74) is 0. The highest BCUT2D eigenvalue weighted by molar-refractivity contribution is 5.77. The smallest absolute Gasteiger partial charge is 0.234 e. The summed E-state index contributed by atoms with van der Waals surface area (Å²) in [5.74, 6) is 0.0433. The average Bonchev–Trinajstić information content (AvgIpc) is 2.38. The minimum absolute atomic E-state index is 0.0433. The van der Waals surface area contributed by atoms with Gasteiger partial charge in [-0.3, -0.25) is 9.69 Å². The Kier molecular flexibility index (Phi) is 7.91. The summed E-state index contributed by atoms with van der Waals surface area (Å²) in [5, 5.41) is 11.5. The van der Waals surface area contributed by atoms with E-state index in [9.17, 15) is 4.79 Å². The second-order valence-electron chi connectivity index (χ2n) is 4.41. The van der Waals surface area contributed by atoms with Crippen LogP contribution >= 0.6 is 0 Å². The molecule has 0 saturated carbocycles. The molecule has 1 aliphatic rings. The highest BCUT2D eigenvalue weighted by atomic mass is 16.5. The number of hydrogen-bond acceptors (Lipinski definition) is 5. The molecule has 6 nitrogen and oxygen atoms in total. The number of nitrogens with zero attached hydrogens (tertiary/aromatic N) is 1. The number of rotatable bonds is 8. The first-order chi connectivity index (χ1) is 8.76. The van der Waals surface area contributed by atoms with Gasteiger partial charge in [0, 0.05) is 26.7 Å². The quantitative estimate of drug-likeness (QED) is 0.560. The standard InChI is InChI=1S/C12H24N2O4/c1-17-8-4-13-12(16)10-14-5-2-11(3-6-14)18-9-7-15/h11,15H,2-10H2,1H3,(H,13,16). The van der Waals surface area contributed by atoms with Gasteiger partial charge in [0.15, 0.2) is 0 Å². The van der Waals surface area contributed by atoms with Crippen LogP contribution < -0.4 is 5.32 Å². The zero-order chi connectivity index (χ0) is 13.2. The normalized spacial score (nSPS) is 17.9. The van der Waals surface area contributed by atoms with Crippen molar-refractivity contribution in [1.29, 1.82) is 0 Å². The van der Waals surface area contributed by atoms with Crippen LogP contribution in [0.1, 0.15) is 12.8 Å². The van der Waals surface area contributed by atoms with Gasteiger partial charge in [0.25, 0.3) is 0 Å². The van der Waals surface area contributed by atoms with E-state index in [0.29, 0.717) is 26.3 Å². The number of hydrogen-bond donors (Lipinski definition) is 2. The third-order valence-electron chi connectivity index (χ3n) is 2.98. The number of piperidine rings is 1. The van der Waals surface area contributed by atoms with Gasteiger partial charge in [-0.05, 0) is 12.8 Å². The Hall–Kier alpha value is -0.690. The fourth-order valence-corrected chi connectivity index (χ4v) is 2.00. The number of likely N-dealkylation sites (tertiary alicyclic amines) is 1. The Balaban J connectivity index is 2.09. The first-order valence-corrected chi connectivity index (χ1v) is 6.46. The van der Waals surface area contributed by atoms with Gasteiger partial charge < -0.3 is 19.9 Å². The van der Waals surface area contributed by atoms with Gasteiger partial charge in [-0.25, -0.2) is 0 Å². The van der Waals surface area contributed by atoms with E-state index >= 15 is 0 Å². The lowest BCUT2D eigenvalue weighted by molar-refractivity contribution is -0.123. The molecule has 1 heterocycles. The summed E-state index contributed by atoms with van der Waals surface area (Å²) in [7, 11) is 1.61. The molecule has 6 heteroatoms. The largest absolute Gasteiger partial charge is 0.394 e. The van der Waals surface area contributed by atoms with Gasteiger partial charge >= 0.3 is 0 Å². The molecule has 0 unspecified atom stereocenters. The Morgan fingerprint density at radius 3 is 2.72 bits per heavy atom. The second kappa shape index (κ2) is 9.27. The van der Waals surface area contributed by atoms with Crippen LogP contribution in [-0.2, 0) is 14.3 Å². The SMILES string of the molecule is COCCNC(=O)CN1CCC(OCCO)CC1. The molecule has 18 heavy (non-hydrogen) atoms. The van der Waals surface area contributed by atoms with Crippen molar-refractivity contribution in [3.05, 3.63) is 0 Å². The topological polar surface area (TPSA) is 71.0 Å². The molecule has 0 aromatic carbocycles. The number of carbonyl (C=O) groups is 1. The molecular weight excluding hydrogens is 236 g/mol. The van der Waals surface area contributed by atoms with Crippen LogP contribution in [0.2, 0.25) is 0 Å². The van der Waals surface area contributed by atoms with E-state index < -0.39 is 0 Å². The van der Waals surface area contributed by atoms with Gasteiger partial charge in [-0.15, -0.1) is 0 Å². The Morgan fingerprint density at radius 1 is 1.39 bits per heavy atom. The fourth-order valence-electron chi connectivity index (χ4n) is 2.00. The van der Waals surface area contributed by atoms with Crippen molar-refractivity contribution in [1.82, 2.24) is 10.2 Å². The average molecular weight is 260 g/mol. The molecule has 1 amide bonds. The first-order valence-electron chi connectivity index (χ1n) is 6.46. The summed E-state index contributed by atoms with van der Waals surface area (Å²) >= 11 is 0. The predicted octanol–water partition coefficient (Wildman–Crippen LogP) is -0.778. The number of ether oxygens (including phenoxy) is 2.